The summed E-state index contributed by atoms with van der Waals surface area (Å²) >= 11 is 0. The molecule has 1 nitrogen and oxygen atoms in total. The maximum atomic E-state index is 13.3. The molecular weight excluding hydrogens is 292 g/mol. The number of carbonyl (C=O) groups is 1. The summed E-state index contributed by atoms with van der Waals surface area (Å²) in [6.45, 7) is 4.10. The zero-order chi connectivity index (χ0) is 17.0. The molecule has 0 aliphatic heterocycles. The quantitative estimate of drug-likeness (QED) is 0.550. The molecule has 24 heavy (non-hydrogen) atoms. The van der Waals surface area contributed by atoms with Crippen molar-refractivity contribution >= 4 is 5.78 Å². The Bertz CT molecular complexity index is 750. The topological polar surface area (TPSA) is 17.1 Å². The molecule has 0 aliphatic carbocycles. The van der Waals surface area contributed by atoms with Crippen molar-refractivity contribution in [3.8, 4) is 0 Å². The molecule has 3 aromatic rings. The maximum Gasteiger partial charge on any atom is 0.169 e. The highest BCUT2D eigenvalue weighted by atomic mass is 16.1. The number of Topliss-reactive ketones (excluding diaryl/α,β-unsaturated/α-hetero) is 1. The van der Waals surface area contributed by atoms with Crippen LogP contribution in [0.15, 0.2) is 91.0 Å². The molecule has 0 spiro atoms. The first kappa shape index (κ1) is 16.2. The van der Waals surface area contributed by atoms with Crippen LogP contribution >= 0.6 is 0 Å². The molecule has 0 aliphatic rings. The van der Waals surface area contributed by atoms with Gasteiger partial charge in [-0.25, -0.2) is 0 Å². The summed E-state index contributed by atoms with van der Waals surface area (Å²) in [7, 11) is 0. The second kappa shape index (κ2) is 6.84. The largest absolute Gasteiger partial charge is 0.294 e. The molecule has 0 atom stereocenters. The van der Waals surface area contributed by atoms with Crippen LogP contribution in [0.5, 0.6) is 0 Å². The van der Waals surface area contributed by atoms with Gasteiger partial charge >= 0.3 is 0 Å². The van der Waals surface area contributed by atoms with E-state index in [1.54, 1.807) is 0 Å². The van der Waals surface area contributed by atoms with Crippen molar-refractivity contribution in [2.24, 2.45) is 5.41 Å². The SMILES string of the molecule is CC(C)(C(=O)c1ccccc1)C(c1ccccc1)c1ccccc1. The Morgan fingerprint density at radius 3 is 1.46 bits per heavy atom. The third-order valence-corrected chi connectivity index (χ3v) is 4.61. The van der Waals surface area contributed by atoms with E-state index in [4.69, 9.17) is 0 Å². The Morgan fingerprint density at radius 2 is 1.04 bits per heavy atom. The Hall–Kier alpha value is -2.67. The Labute approximate surface area is 144 Å². The minimum absolute atomic E-state index is 0.00704. The van der Waals surface area contributed by atoms with Crippen LogP contribution in [0, 0.1) is 5.41 Å². The zero-order valence-electron chi connectivity index (χ0n) is 14.1. The average Bonchev–Trinajstić information content (AvgIpc) is 2.63. The first-order chi connectivity index (χ1) is 11.6. The van der Waals surface area contributed by atoms with Gasteiger partial charge in [-0.3, -0.25) is 4.79 Å². The number of ketones is 1. The first-order valence-electron chi connectivity index (χ1n) is 8.30. The summed E-state index contributed by atoms with van der Waals surface area (Å²) < 4.78 is 0. The van der Waals surface area contributed by atoms with Crippen molar-refractivity contribution < 1.29 is 4.79 Å². The molecule has 0 N–H and O–H groups in total. The summed E-state index contributed by atoms with van der Waals surface area (Å²) in [5, 5.41) is 0. The summed E-state index contributed by atoms with van der Waals surface area (Å²) in [5.74, 6) is 0.174. The molecule has 1 heteroatoms. The van der Waals surface area contributed by atoms with Crippen LogP contribution in [-0.4, -0.2) is 5.78 Å². The lowest BCUT2D eigenvalue weighted by molar-refractivity contribution is 0.0816. The maximum absolute atomic E-state index is 13.3. The molecular formula is C23H22O. The van der Waals surface area contributed by atoms with E-state index < -0.39 is 5.41 Å². The summed E-state index contributed by atoms with van der Waals surface area (Å²) in [4.78, 5) is 13.3. The van der Waals surface area contributed by atoms with Crippen molar-refractivity contribution in [1.29, 1.82) is 0 Å². The molecule has 3 aromatic carbocycles. The molecule has 3 rings (SSSR count). The van der Waals surface area contributed by atoms with Gasteiger partial charge in [0.1, 0.15) is 0 Å². The van der Waals surface area contributed by atoms with E-state index >= 15 is 0 Å². The van der Waals surface area contributed by atoms with E-state index in [9.17, 15) is 4.79 Å². The molecule has 0 heterocycles. The molecule has 120 valence electrons. The number of rotatable bonds is 5. The van der Waals surface area contributed by atoms with E-state index in [-0.39, 0.29) is 11.7 Å². The van der Waals surface area contributed by atoms with E-state index in [1.165, 1.54) is 0 Å². The van der Waals surface area contributed by atoms with Crippen LogP contribution in [0.1, 0.15) is 41.3 Å². The van der Waals surface area contributed by atoms with Gasteiger partial charge in [-0.1, -0.05) is 105 Å². The second-order valence-corrected chi connectivity index (χ2v) is 6.67. The highest BCUT2D eigenvalue weighted by Crippen LogP contribution is 2.42. The minimum atomic E-state index is -0.552. The fourth-order valence-corrected chi connectivity index (χ4v) is 3.41. The van der Waals surface area contributed by atoms with Crippen LogP contribution < -0.4 is 0 Å². The van der Waals surface area contributed by atoms with E-state index in [2.05, 4.69) is 24.3 Å². The van der Waals surface area contributed by atoms with Crippen LogP contribution in [0.3, 0.4) is 0 Å². The predicted octanol–water partition coefficient (Wildman–Crippen LogP) is 5.73. The van der Waals surface area contributed by atoms with Crippen molar-refractivity contribution in [2.75, 3.05) is 0 Å². The monoisotopic (exact) mass is 314 g/mol. The number of carbonyl (C=O) groups excluding carboxylic acids is 1. The van der Waals surface area contributed by atoms with Gasteiger partial charge in [-0.2, -0.15) is 0 Å². The average molecular weight is 314 g/mol. The Kier molecular flexibility index (Phi) is 4.61. The summed E-state index contributed by atoms with van der Waals surface area (Å²) in [6.07, 6.45) is 0. The molecule has 0 saturated heterocycles. The van der Waals surface area contributed by atoms with Crippen LogP contribution in [0.2, 0.25) is 0 Å². The lowest BCUT2D eigenvalue weighted by Crippen LogP contribution is -2.32. The van der Waals surface area contributed by atoms with Gasteiger partial charge in [-0.05, 0) is 11.1 Å². The number of benzene rings is 3. The molecule has 0 bridgehead atoms. The molecule has 0 saturated carbocycles. The Balaban J connectivity index is 2.09. The third kappa shape index (κ3) is 3.16. The summed E-state index contributed by atoms with van der Waals surface area (Å²) in [5.41, 5.74) is 2.54. The lowest BCUT2D eigenvalue weighted by Gasteiger charge is -2.34. The fourth-order valence-electron chi connectivity index (χ4n) is 3.41. The number of hydrogen-bond donors (Lipinski definition) is 0. The molecule has 0 aromatic heterocycles. The zero-order valence-corrected chi connectivity index (χ0v) is 14.1. The standard InChI is InChI=1S/C23H22O/c1-23(2,22(24)20-16-10-5-11-17-20)21(18-12-6-3-7-13-18)19-14-8-4-9-15-19/h3-17,21H,1-2H3. The highest BCUT2D eigenvalue weighted by Gasteiger charge is 2.38. The smallest absolute Gasteiger partial charge is 0.169 e. The van der Waals surface area contributed by atoms with Gasteiger partial charge in [0.25, 0.3) is 0 Å². The third-order valence-electron chi connectivity index (χ3n) is 4.61. The minimum Gasteiger partial charge on any atom is -0.294 e. The highest BCUT2D eigenvalue weighted by molar-refractivity contribution is 6.01. The van der Waals surface area contributed by atoms with Gasteiger partial charge in [0, 0.05) is 16.9 Å². The van der Waals surface area contributed by atoms with Gasteiger partial charge < -0.3 is 0 Å². The molecule has 0 fully saturated rings. The van der Waals surface area contributed by atoms with E-state index in [1.807, 2.05) is 80.6 Å². The summed E-state index contributed by atoms with van der Waals surface area (Å²) in [6, 6.07) is 30.2. The van der Waals surface area contributed by atoms with Gasteiger partial charge in [0.2, 0.25) is 0 Å². The van der Waals surface area contributed by atoms with E-state index in [0.717, 1.165) is 16.7 Å². The van der Waals surface area contributed by atoms with Crippen molar-refractivity contribution in [3.63, 3.8) is 0 Å². The van der Waals surface area contributed by atoms with Crippen LogP contribution in [-0.2, 0) is 0 Å². The van der Waals surface area contributed by atoms with Gasteiger partial charge in [-0.15, -0.1) is 0 Å². The second-order valence-electron chi connectivity index (χ2n) is 6.67. The molecule has 0 unspecified atom stereocenters. The first-order valence-corrected chi connectivity index (χ1v) is 8.30. The van der Waals surface area contributed by atoms with Crippen LogP contribution in [0.25, 0.3) is 0 Å². The van der Waals surface area contributed by atoms with Crippen molar-refractivity contribution in [2.45, 2.75) is 19.8 Å². The number of hydrogen-bond acceptors (Lipinski definition) is 1. The van der Waals surface area contributed by atoms with Crippen molar-refractivity contribution in [3.05, 3.63) is 108 Å². The molecule has 0 amide bonds. The molecule has 0 radical (unpaired) electrons. The van der Waals surface area contributed by atoms with Gasteiger partial charge in [0.05, 0.1) is 0 Å². The Morgan fingerprint density at radius 1 is 0.667 bits per heavy atom. The normalized spacial score (nSPS) is 11.5. The lowest BCUT2D eigenvalue weighted by atomic mass is 9.67. The fraction of sp³-hybridized carbons (Fsp3) is 0.174. The predicted molar refractivity (Wildman–Crippen MR) is 99.3 cm³/mol. The van der Waals surface area contributed by atoms with Gasteiger partial charge in [0.15, 0.2) is 5.78 Å². The van der Waals surface area contributed by atoms with Crippen molar-refractivity contribution in [1.82, 2.24) is 0 Å². The van der Waals surface area contributed by atoms with E-state index in [0.29, 0.717) is 0 Å². The van der Waals surface area contributed by atoms with Crippen LogP contribution in [0.4, 0.5) is 0 Å².